The molecule has 1 unspecified atom stereocenters. The molecule has 1 aliphatic carbocycles. The predicted octanol–water partition coefficient (Wildman–Crippen LogP) is 2.60. The molecule has 122 valence electrons. The summed E-state index contributed by atoms with van der Waals surface area (Å²) < 4.78 is 32.3. The maximum absolute atomic E-state index is 12.1. The van der Waals surface area contributed by atoms with Gasteiger partial charge in [0.25, 0.3) is 0 Å². The zero-order valence-corrected chi connectivity index (χ0v) is 14.1. The third kappa shape index (κ3) is 3.40. The normalized spacial score (nSPS) is 20.9. The first-order valence-electron chi connectivity index (χ1n) is 7.37. The Labute approximate surface area is 137 Å². The van der Waals surface area contributed by atoms with Gasteiger partial charge in [-0.2, -0.15) is 5.26 Å². The highest BCUT2D eigenvalue weighted by atomic mass is 32.2. The molecular weight excluding hydrogens is 312 g/mol. The van der Waals surface area contributed by atoms with E-state index in [9.17, 15) is 13.7 Å². The van der Waals surface area contributed by atoms with Crippen LogP contribution < -0.4 is 4.72 Å². The SMILES string of the molecule is CCS(=O)(=O)NC1=C(OC)CC=CC1(CC#N)c1ccccc1. The van der Waals surface area contributed by atoms with Gasteiger partial charge in [0.1, 0.15) is 5.76 Å². The van der Waals surface area contributed by atoms with Crippen LogP contribution in [0.15, 0.2) is 53.9 Å². The summed E-state index contributed by atoms with van der Waals surface area (Å²) >= 11 is 0. The minimum Gasteiger partial charge on any atom is -0.499 e. The molecule has 1 N–H and O–H groups in total. The predicted molar refractivity (Wildman–Crippen MR) is 88.7 cm³/mol. The minimum absolute atomic E-state index is 0.0470. The van der Waals surface area contributed by atoms with Crippen LogP contribution >= 0.6 is 0 Å². The highest BCUT2D eigenvalue weighted by Gasteiger charge is 2.40. The molecule has 0 saturated carbocycles. The van der Waals surface area contributed by atoms with E-state index in [1.165, 1.54) is 7.11 Å². The number of benzene rings is 1. The number of sulfonamides is 1. The molecule has 23 heavy (non-hydrogen) atoms. The van der Waals surface area contributed by atoms with Crippen molar-refractivity contribution in [3.63, 3.8) is 0 Å². The molecular formula is C17H20N2O3S. The van der Waals surface area contributed by atoms with Crippen LogP contribution in [0.2, 0.25) is 0 Å². The number of nitrogens with zero attached hydrogens (tertiary/aromatic N) is 1. The van der Waals surface area contributed by atoms with Gasteiger partial charge in [0, 0.05) is 6.42 Å². The fourth-order valence-electron chi connectivity index (χ4n) is 2.71. The summed E-state index contributed by atoms with van der Waals surface area (Å²) in [7, 11) is -1.98. The molecule has 1 atom stereocenters. The average molecular weight is 332 g/mol. The van der Waals surface area contributed by atoms with Crippen molar-refractivity contribution in [1.29, 1.82) is 5.26 Å². The lowest BCUT2D eigenvalue weighted by Crippen LogP contribution is -2.40. The summed E-state index contributed by atoms with van der Waals surface area (Å²) in [5.74, 6) is 0.484. The zero-order valence-electron chi connectivity index (χ0n) is 13.2. The maximum Gasteiger partial charge on any atom is 0.232 e. The number of rotatable bonds is 6. The molecule has 6 heteroatoms. The first-order chi connectivity index (χ1) is 11.0. The Morgan fingerprint density at radius 1 is 1.35 bits per heavy atom. The largest absolute Gasteiger partial charge is 0.499 e. The Hall–Kier alpha value is -2.26. The number of hydrogen-bond acceptors (Lipinski definition) is 4. The fourth-order valence-corrected chi connectivity index (χ4v) is 3.46. The second-order valence-electron chi connectivity index (χ2n) is 5.29. The molecule has 5 nitrogen and oxygen atoms in total. The van der Waals surface area contributed by atoms with Gasteiger partial charge in [0.15, 0.2) is 0 Å². The number of nitrogens with one attached hydrogen (secondary N) is 1. The van der Waals surface area contributed by atoms with Crippen LogP contribution in [0.25, 0.3) is 0 Å². The van der Waals surface area contributed by atoms with Crippen LogP contribution in [0.1, 0.15) is 25.3 Å². The van der Waals surface area contributed by atoms with Crippen molar-refractivity contribution in [2.45, 2.75) is 25.2 Å². The van der Waals surface area contributed by atoms with Crippen LogP contribution in [0.3, 0.4) is 0 Å². The van der Waals surface area contributed by atoms with Gasteiger partial charge in [-0.15, -0.1) is 0 Å². The Kier molecular flexibility index (Phi) is 5.12. The van der Waals surface area contributed by atoms with Gasteiger partial charge in [0.2, 0.25) is 10.0 Å². The smallest absolute Gasteiger partial charge is 0.232 e. The lowest BCUT2D eigenvalue weighted by molar-refractivity contribution is 0.268. The maximum atomic E-state index is 12.1. The van der Waals surface area contributed by atoms with Gasteiger partial charge < -0.3 is 4.74 Å². The van der Waals surface area contributed by atoms with Crippen LogP contribution in [0.4, 0.5) is 0 Å². The molecule has 0 amide bonds. The molecule has 0 heterocycles. The molecule has 0 bridgehead atoms. The van der Waals surface area contributed by atoms with Crippen molar-refractivity contribution < 1.29 is 13.2 Å². The number of nitriles is 1. The van der Waals surface area contributed by atoms with E-state index in [4.69, 9.17) is 4.74 Å². The molecule has 1 aliphatic rings. The fraction of sp³-hybridized carbons (Fsp3) is 0.353. The minimum atomic E-state index is -3.49. The van der Waals surface area contributed by atoms with Gasteiger partial charge in [-0.05, 0) is 12.5 Å². The Balaban J connectivity index is 2.67. The summed E-state index contributed by atoms with van der Waals surface area (Å²) in [4.78, 5) is 0. The summed E-state index contributed by atoms with van der Waals surface area (Å²) in [6, 6.07) is 11.6. The van der Waals surface area contributed by atoms with Gasteiger partial charge in [0.05, 0.1) is 36.5 Å². The Bertz CT molecular complexity index is 761. The number of ether oxygens (including phenoxy) is 1. The molecule has 1 aromatic carbocycles. The zero-order chi connectivity index (χ0) is 16.9. The van der Waals surface area contributed by atoms with Crippen LogP contribution in [-0.2, 0) is 20.2 Å². The average Bonchev–Trinajstić information content (AvgIpc) is 2.57. The first kappa shape index (κ1) is 17.1. The molecule has 0 radical (unpaired) electrons. The van der Waals surface area contributed by atoms with Crippen molar-refractivity contribution in [3.05, 3.63) is 59.5 Å². The Morgan fingerprint density at radius 2 is 2.04 bits per heavy atom. The number of methoxy groups -OCH3 is 1. The van der Waals surface area contributed by atoms with E-state index in [1.54, 1.807) is 6.92 Å². The van der Waals surface area contributed by atoms with Crippen LogP contribution in [0, 0.1) is 11.3 Å². The summed E-state index contributed by atoms with van der Waals surface area (Å²) in [5, 5.41) is 9.35. The molecule has 0 aliphatic heterocycles. The summed E-state index contributed by atoms with van der Waals surface area (Å²) in [6.07, 6.45) is 4.40. The molecule has 2 rings (SSSR count). The monoisotopic (exact) mass is 332 g/mol. The number of hydrogen-bond donors (Lipinski definition) is 1. The van der Waals surface area contributed by atoms with Crippen molar-refractivity contribution in [1.82, 2.24) is 4.72 Å². The lowest BCUT2D eigenvalue weighted by atomic mass is 9.72. The van der Waals surface area contributed by atoms with E-state index in [2.05, 4.69) is 10.8 Å². The standard InChI is InChI=1S/C17H20N2O3S/c1-3-23(20,21)19-16-15(22-2)10-7-11-17(16,12-13-18)14-8-5-4-6-9-14/h4-9,11,19H,3,10,12H2,1-2H3. The number of allylic oxidation sites excluding steroid dienone is 2. The van der Waals surface area contributed by atoms with Gasteiger partial charge in [-0.25, -0.2) is 8.42 Å². The highest BCUT2D eigenvalue weighted by Crippen LogP contribution is 2.41. The van der Waals surface area contributed by atoms with Gasteiger partial charge in [-0.1, -0.05) is 42.5 Å². The topological polar surface area (TPSA) is 79.2 Å². The molecule has 0 spiro atoms. The van der Waals surface area contributed by atoms with Crippen molar-refractivity contribution in [2.24, 2.45) is 0 Å². The van der Waals surface area contributed by atoms with E-state index in [0.717, 1.165) is 5.56 Å². The molecule has 0 saturated heterocycles. The third-order valence-corrected chi connectivity index (χ3v) is 5.24. The van der Waals surface area contributed by atoms with Crippen LogP contribution in [-0.4, -0.2) is 21.3 Å². The van der Waals surface area contributed by atoms with Gasteiger partial charge >= 0.3 is 0 Å². The van der Waals surface area contributed by atoms with E-state index >= 15 is 0 Å². The molecule has 0 aromatic heterocycles. The first-order valence-corrected chi connectivity index (χ1v) is 9.02. The van der Waals surface area contributed by atoms with E-state index in [1.807, 2.05) is 42.5 Å². The second kappa shape index (κ2) is 6.88. The summed E-state index contributed by atoms with van der Waals surface area (Å²) in [6.45, 7) is 1.57. The molecule has 0 fully saturated rings. The molecule has 1 aromatic rings. The lowest BCUT2D eigenvalue weighted by Gasteiger charge is -2.36. The third-order valence-electron chi connectivity index (χ3n) is 3.96. The van der Waals surface area contributed by atoms with Crippen molar-refractivity contribution >= 4 is 10.0 Å². The second-order valence-corrected chi connectivity index (χ2v) is 7.30. The summed E-state index contributed by atoms with van der Waals surface area (Å²) in [5.41, 5.74) is 0.417. The van der Waals surface area contributed by atoms with E-state index in [-0.39, 0.29) is 12.2 Å². The Morgan fingerprint density at radius 3 is 2.61 bits per heavy atom. The van der Waals surface area contributed by atoms with Crippen molar-refractivity contribution in [3.8, 4) is 6.07 Å². The van der Waals surface area contributed by atoms with Crippen molar-refractivity contribution in [2.75, 3.05) is 12.9 Å². The van der Waals surface area contributed by atoms with Crippen LogP contribution in [0.5, 0.6) is 0 Å². The quantitative estimate of drug-likeness (QED) is 0.812. The van der Waals surface area contributed by atoms with Gasteiger partial charge in [-0.3, -0.25) is 4.72 Å². The highest BCUT2D eigenvalue weighted by molar-refractivity contribution is 7.89. The van der Waals surface area contributed by atoms with E-state index < -0.39 is 15.4 Å². The van der Waals surface area contributed by atoms with E-state index in [0.29, 0.717) is 17.9 Å².